The van der Waals surface area contributed by atoms with Crippen LogP contribution in [-0.4, -0.2) is 37.2 Å². The molecule has 0 rings (SSSR count). The summed E-state index contributed by atoms with van der Waals surface area (Å²) >= 11 is 0. The Morgan fingerprint density at radius 1 is 0.344 bits per heavy atom. The Morgan fingerprint density at radius 3 is 1.14 bits per heavy atom. The third-order valence-electron chi connectivity index (χ3n) is 10.6. The molecule has 0 radical (unpaired) electrons. The lowest BCUT2D eigenvalue weighted by atomic mass is 10.1. The van der Waals surface area contributed by atoms with Crippen LogP contribution >= 0.6 is 0 Å². The van der Waals surface area contributed by atoms with Crippen LogP contribution in [0.1, 0.15) is 220 Å². The van der Waals surface area contributed by atoms with Gasteiger partial charge in [-0.1, -0.05) is 207 Å². The van der Waals surface area contributed by atoms with Crippen LogP contribution in [0.4, 0.5) is 0 Å². The molecule has 6 nitrogen and oxygen atoms in total. The molecular formula is C58H94O6. The van der Waals surface area contributed by atoms with E-state index >= 15 is 0 Å². The Morgan fingerprint density at radius 2 is 0.688 bits per heavy atom. The lowest BCUT2D eigenvalue weighted by Gasteiger charge is -2.18. The minimum atomic E-state index is -0.805. The van der Waals surface area contributed by atoms with Gasteiger partial charge in [0.05, 0.1) is 0 Å². The molecule has 1 atom stereocenters. The van der Waals surface area contributed by atoms with E-state index in [1.165, 1.54) is 51.4 Å². The van der Waals surface area contributed by atoms with Gasteiger partial charge in [-0.15, -0.1) is 0 Å². The smallest absolute Gasteiger partial charge is 0.306 e. The van der Waals surface area contributed by atoms with Gasteiger partial charge in [0.1, 0.15) is 13.2 Å². The Kier molecular flexibility index (Phi) is 48.5. The summed E-state index contributed by atoms with van der Waals surface area (Å²) in [5.41, 5.74) is 0. The summed E-state index contributed by atoms with van der Waals surface area (Å²) in [5.74, 6) is -0.960. The summed E-state index contributed by atoms with van der Waals surface area (Å²) in [5, 5.41) is 0. The van der Waals surface area contributed by atoms with Crippen LogP contribution in [0.25, 0.3) is 0 Å². The van der Waals surface area contributed by atoms with Crippen molar-refractivity contribution < 1.29 is 28.6 Å². The molecular weight excluding hydrogens is 793 g/mol. The van der Waals surface area contributed by atoms with Gasteiger partial charge in [0.2, 0.25) is 0 Å². The van der Waals surface area contributed by atoms with Gasteiger partial charge in [0.15, 0.2) is 6.10 Å². The third kappa shape index (κ3) is 49.1. The highest BCUT2D eigenvalue weighted by Gasteiger charge is 2.19. The summed E-state index contributed by atoms with van der Waals surface area (Å²) in [6.45, 7) is 6.30. The quantitative estimate of drug-likeness (QED) is 0.0199. The number of rotatable bonds is 45. The first-order valence-electron chi connectivity index (χ1n) is 25.9. The fourth-order valence-electron chi connectivity index (χ4n) is 6.73. The molecule has 1 unspecified atom stereocenters. The standard InChI is InChI=1S/C58H94O6/c1-4-7-10-13-16-19-22-25-28-29-31-33-36-39-42-45-48-51-57(60)63-54-55(53-62-56(59)50-47-44-41-38-35-32-27-24-21-18-15-12-9-6-3)64-58(61)52-49-46-43-40-37-34-30-26-23-20-17-14-11-8-5-2/h8-9,11-12,14,16-21,23,25-28,30,32,55H,4-7,10,13,15,22,24,29,31,33-54H2,1-3H3/b11-8-,12-9-,17-14-,19-16-,21-18-,23-20-,28-25-,30-26-,32-27-. The summed E-state index contributed by atoms with van der Waals surface area (Å²) in [6.07, 6.45) is 69.2. The summed E-state index contributed by atoms with van der Waals surface area (Å²) < 4.78 is 16.8. The SMILES string of the molecule is CC\C=C/C=C\C=C/C=C\CCCCCCCC(=O)OC(COC(=O)CCCCCC/C=C\C/C=C\C/C=C\CC)COC(=O)CCCCCCCCC/C=C\C/C=C\CCCCC. The van der Waals surface area contributed by atoms with Gasteiger partial charge in [-0.2, -0.15) is 0 Å². The molecule has 0 aliphatic heterocycles. The van der Waals surface area contributed by atoms with Crippen molar-refractivity contribution in [3.05, 3.63) is 109 Å². The normalized spacial score (nSPS) is 13.0. The van der Waals surface area contributed by atoms with Gasteiger partial charge >= 0.3 is 17.9 Å². The van der Waals surface area contributed by atoms with Crippen molar-refractivity contribution in [3.8, 4) is 0 Å². The maximum Gasteiger partial charge on any atom is 0.306 e. The molecule has 0 aliphatic carbocycles. The van der Waals surface area contributed by atoms with Crippen LogP contribution in [0.5, 0.6) is 0 Å². The molecule has 0 bridgehead atoms. The molecule has 0 aromatic carbocycles. The predicted octanol–water partition coefficient (Wildman–Crippen LogP) is 17.1. The topological polar surface area (TPSA) is 78.9 Å². The molecule has 0 fully saturated rings. The maximum atomic E-state index is 12.8. The van der Waals surface area contributed by atoms with E-state index in [1.54, 1.807) is 0 Å². The molecule has 0 saturated heterocycles. The van der Waals surface area contributed by atoms with Crippen LogP contribution in [0.15, 0.2) is 109 Å². The van der Waals surface area contributed by atoms with Crippen molar-refractivity contribution in [2.75, 3.05) is 13.2 Å². The predicted molar refractivity (Wildman–Crippen MR) is 274 cm³/mol. The van der Waals surface area contributed by atoms with Crippen molar-refractivity contribution >= 4 is 17.9 Å². The van der Waals surface area contributed by atoms with Crippen LogP contribution in [0.2, 0.25) is 0 Å². The van der Waals surface area contributed by atoms with E-state index in [4.69, 9.17) is 14.2 Å². The molecule has 64 heavy (non-hydrogen) atoms. The lowest BCUT2D eigenvalue weighted by Crippen LogP contribution is -2.30. The van der Waals surface area contributed by atoms with Crippen LogP contribution in [0, 0.1) is 0 Å². The monoisotopic (exact) mass is 887 g/mol. The largest absolute Gasteiger partial charge is 0.462 e. The molecule has 362 valence electrons. The highest BCUT2D eigenvalue weighted by atomic mass is 16.6. The average molecular weight is 887 g/mol. The van der Waals surface area contributed by atoms with Gasteiger partial charge in [0.25, 0.3) is 0 Å². The molecule has 0 heterocycles. The first kappa shape index (κ1) is 60.1. The van der Waals surface area contributed by atoms with Crippen LogP contribution in [0.3, 0.4) is 0 Å². The summed E-state index contributed by atoms with van der Waals surface area (Å²) in [4.78, 5) is 38.0. The molecule has 0 N–H and O–H groups in total. The lowest BCUT2D eigenvalue weighted by molar-refractivity contribution is -0.167. The average Bonchev–Trinajstić information content (AvgIpc) is 3.29. The Labute approximate surface area is 393 Å². The van der Waals surface area contributed by atoms with Crippen LogP contribution < -0.4 is 0 Å². The number of carbonyl (C=O) groups excluding carboxylic acids is 3. The summed E-state index contributed by atoms with van der Waals surface area (Å²) in [7, 11) is 0. The Bertz CT molecular complexity index is 1340. The molecule has 0 amide bonds. The zero-order valence-electron chi connectivity index (χ0n) is 41.3. The minimum absolute atomic E-state index is 0.102. The number of hydrogen-bond acceptors (Lipinski definition) is 6. The van der Waals surface area contributed by atoms with Crippen molar-refractivity contribution in [3.63, 3.8) is 0 Å². The van der Waals surface area contributed by atoms with Crippen molar-refractivity contribution in [2.45, 2.75) is 226 Å². The first-order chi connectivity index (χ1) is 31.5. The second-order valence-electron chi connectivity index (χ2n) is 16.8. The fraction of sp³-hybridized carbons (Fsp3) is 0.638. The van der Waals surface area contributed by atoms with E-state index in [-0.39, 0.29) is 31.1 Å². The number of unbranched alkanes of at least 4 members (excludes halogenated alkanes) is 19. The van der Waals surface area contributed by atoms with E-state index in [0.717, 1.165) is 128 Å². The van der Waals surface area contributed by atoms with E-state index < -0.39 is 6.10 Å². The van der Waals surface area contributed by atoms with Gasteiger partial charge in [-0.05, 0) is 103 Å². The molecule has 6 heteroatoms. The van der Waals surface area contributed by atoms with E-state index in [9.17, 15) is 14.4 Å². The molecule has 0 aromatic rings. The second kappa shape index (κ2) is 51.7. The molecule has 0 spiro atoms. The Balaban J connectivity index is 4.48. The number of allylic oxidation sites excluding steroid dienone is 18. The molecule has 0 aromatic heterocycles. The number of ether oxygens (including phenoxy) is 3. The second-order valence-corrected chi connectivity index (χ2v) is 16.8. The highest BCUT2D eigenvalue weighted by molar-refractivity contribution is 5.71. The van der Waals surface area contributed by atoms with Crippen molar-refractivity contribution in [1.82, 2.24) is 0 Å². The first-order valence-corrected chi connectivity index (χ1v) is 25.9. The van der Waals surface area contributed by atoms with Gasteiger partial charge in [0, 0.05) is 19.3 Å². The fourth-order valence-corrected chi connectivity index (χ4v) is 6.73. The van der Waals surface area contributed by atoms with Gasteiger partial charge < -0.3 is 14.2 Å². The van der Waals surface area contributed by atoms with Gasteiger partial charge in [-0.3, -0.25) is 14.4 Å². The van der Waals surface area contributed by atoms with Crippen molar-refractivity contribution in [2.24, 2.45) is 0 Å². The number of esters is 3. The third-order valence-corrected chi connectivity index (χ3v) is 10.6. The number of carbonyl (C=O) groups is 3. The molecule has 0 saturated carbocycles. The zero-order chi connectivity index (χ0) is 46.5. The van der Waals surface area contributed by atoms with Crippen molar-refractivity contribution in [1.29, 1.82) is 0 Å². The van der Waals surface area contributed by atoms with E-state index in [1.807, 2.05) is 24.3 Å². The zero-order valence-corrected chi connectivity index (χ0v) is 41.3. The van der Waals surface area contributed by atoms with E-state index in [2.05, 4.69) is 106 Å². The Hall–Kier alpha value is -3.93. The highest BCUT2D eigenvalue weighted by Crippen LogP contribution is 2.13. The van der Waals surface area contributed by atoms with Crippen LogP contribution in [-0.2, 0) is 28.6 Å². The maximum absolute atomic E-state index is 12.8. The summed E-state index contributed by atoms with van der Waals surface area (Å²) in [6, 6.07) is 0. The molecule has 0 aliphatic rings. The van der Waals surface area contributed by atoms with E-state index in [0.29, 0.717) is 19.3 Å². The van der Waals surface area contributed by atoms with Gasteiger partial charge in [-0.25, -0.2) is 0 Å². The minimum Gasteiger partial charge on any atom is -0.462 e. The number of hydrogen-bond donors (Lipinski definition) is 0.